The Bertz CT molecular complexity index is 920. The Labute approximate surface area is 150 Å². The van der Waals surface area contributed by atoms with E-state index < -0.39 is 0 Å². The number of ether oxygens (including phenoxy) is 3. The molecule has 1 aromatic heterocycles. The molecule has 0 aliphatic rings. The third-order valence-electron chi connectivity index (χ3n) is 3.79. The Morgan fingerprint density at radius 3 is 2.20 bits per heavy atom. The Kier molecular flexibility index (Phi) is 5.82. The summed E-state index contributed by atoms with van der Waals surface area (Å²) < 4.78 is 16.0. The molecule has 0 fully saturated rings. The maximum absolute atomic E-state index is 11.3. The summed E-state index contributed by atoms with van der Waals surface area (Å²) in [5.41, 5.74) is 3.12. The summed E-state index contributed by atoms with van der Waals surface area (Å²) in [6, 6.07) is 9.30. The van der Waals surface area contributed by atoms with Gasteiger partial charge in [-0.15, -0.1) is 12.4 Å². The SMILES string of the molecule is COc1cc(OC)c(OC)cc1CNc1ccc2[nH]c(=O)[nH]c2c1.Cl. The van der Waals surface area contributed by atoms with Crippen LogP contribution in [0.25, 0.3) is 11.0 Å². The highest BCUT2D eigenvalue weighted by Crippen LogP contribution is 2.35. The van der Waals surface area contributed by atoms with Crippen LogP contribution in [-0.4, -0.2) is 31.3 Å². The molecule has 0 atom stereocenters. The Hall–Kier alpha value is -2.80. The summed E-state index contributed by atoms with van der Waals surface area (Å²) >= 11 is 0. The molecule has 3 rings (SSSR count). The zero-order valence-corrected chi connectivity index (χ0v) is 15.0. The first-order valence-corrected chi connectivity index (χ1v) is 7.39. The van der Waals surface area contributed by atoms with Crippen LogP contribution in [-0.2, 0) is 6.54 Å². The molecule has 1 heterocycles. The van der Waals surface area contributed by atoms with Crippen LogP contribution in [0.1, 0.15) is 5.56 Å². The van der Waals surface area contributed by atoms with E-state index in [4.69, 9.17) is 14.2 Å². The Balaban J connectivity index is 0.00000225. The van der Waals surface area contributed by atoms with Gasteiger partial charge in [0.1, 0.15) is 5.75 Å². The predicted molar refractivity (Wildman–Crippen MR) is 99.6 cm³/mol. The highest BCUT2D eigenvalue weighted by molar-refractivity contribution is 5.85. The number of anilines is 1. The normalized spacial score (nSPS) is 10.2. The van der Waals surface area contributed by atoms with Crippen molar-refractivity contribution < 1.29 is 14.2 Å². The van der Waals surface area contributed by atoms with E-state index in [9.17, 15) is 4.79 Å². The minimum atomic E-state index is -0.219. The maximum atomic E-state index is 11.3. The van der Waals surface area contributed by atoms with Crippen molar-refractivity contribution in [3.63, 3.8) is 0 Å². The van der Waals surface area contributed by atoms with Crippen molar-refractivity contribution in [2.75, 3.05) is 26.6 Å². The third-order valence-corrected chi connectivity index (χ3v) is 3.79. The second kappa shape index (κ2) is 7.85. The van der Waals surface area contributed by atoms with Gasteiger partial charge in [0.15, 0.2) is 11.5 Å². The lowest BCUT2D eigenvalue weighted by atomic mass is 10.1. The molecule has 8 heteroatoms. The molecule has 0 radical (unpaired) electrons. The monoisotopic (exact) mass is 365 g/mol. The van der Waals surface area contributed by atoms with Gasteiger partial charge in [-0.3, -0.25) is 0 Å². The first-order chi connectivity index (χ1) is 11.6. The number of halogens is 1. The average Bonchev–Trinajstić information content (AvgIpc) is 2.98. The first kappa shape index (κ1) is 18.5. The van der Waals surface area contributed by atoms with Crippen LogP contribution in [0.4, 0.5) is 5.69 Å². The van der Waals surface area contributed by atoms with Crippen LogP contribution in [0.3, 0.4) is 0 Å². The number of aromatic amines is 2. The molecule has 0 amide bonds. The van der Waals surface area contributed by atoms with E-state index in [1.807, 2.05) is 24.3 Å². The van der Waals surface area contributed by atoms with E-state index in [0.717, 1.165) is 22.3 Å². The van der Waals surface area contributed by atoms with Crippen molar-refractivity contribution >= 4 is 29.1 Å². The molecule has 134 valence electrons. The molecule has 0 bridgehead atoms. The summed E-state index contributed by atoms with van der Waals surface area (Å²) in [7, 11) is 4.79. The van der Waals surface area contributed by atoms with Gasteiger partial charge < -0.3 is 29.5 Å². The molecular formula is C17H20ClN3O4. The number of methoxy groups -OCH3 is 3. The number of nitrogens with one attached hydrogen (secondary N) is 3. The minimum absolute atomic E-state index is 0. The summed E-state index contributed by atoms with van der Waals surface area (Å²) in [5.74, 6) is 1.96. The summed E-state index contributed by atoms with van der Waals surface area (Å²) in [6.07, 6.45) is 0. The summed E-state index contributed by atoms with van der Waals surface area (Å²) in [6.45, 7) is 0.531. The highest BCUT2D eigenvalue weighted by Gasteiger charge is 2.11. The van der Waals surface area contributed by atoms with Crippen LogP contribution < -0.4 is 25.2 Å². The van der Waals surface area contributed by atoms with E-state index >= 15 is 0 Å². The number of hydrogen-bond acceptors (Lipinski definition) is 5. The van der Waals surface area contributed by atoms with Gasteiger partial charge in [0.25, 0.3) is 0 Å². The minimum Gasteiger partial charge on any atom is -0.496 e. The number of benzene rings is 2. The molecule has 0 aliphatic heterocycles. The number of fused-ring (bicyclic) bond motifs is 1. The second-order valence-corrected chi connectivity index (χ2v) is 5.21. The van der Waals surface area contributed by atoms with Gasteiger partial charge in [0.2, 0.25) is 0 Å². The van der Waals surface area contributed by atoms with E-state index in [1.165, 1.54) is 0 Å². The van der Waals surface area contributed by atoms with Crippen molar-refractivity contribution in [1.82, 2.24) is 9.97 Å². The molecule has 2 aromatic carbocycles. The van der Waals surface area contributed by atoms with E-state index in [1.54, 1.807) is 27.4 Å². The van der Waals surface area contributed by atoms with E-state index in [0.29, 0.717) is 23.8 Å². The molecule has 0 saturated heterocycles. The van der Waals surface area contributed by atoms with E-state index in [2.05, 4.69) is 15.3 Å². The van der Waals surface area contributed by atoms with Crippen LogP contribution in [0, 0.1) is 0 Å². The fourth-order valence-corrected chi connectivity index (χ4v) is 2.57. The van der Waals surface area contributed by atoms with Crippen LogP contribution in [0.5, 0.6) is 17.2 Å². The van der Waals surface area contributed by atoms with Gasteiger partial charge in [-0.2, -0.15) is 0 Å². The van der Waals surface area contributed by atoms with Crippen molar-refractivity contribution in [3.05, 3.63) is 46.4 Å². The molecule has 0 spiro atoms. The van der Waals surface area contributed by atoms with Crippen LogP contribution >= 0.6 is 12.4 Å². The molecule has 0 aliphatic carbocycles. The van der Waals surface area contributed by atoms with E-state index in [-0.39, 0.29) is 18.1 Å². The molecule has 0 unspecified atom stereocenters. The first-order valence-electron chi connectivity index (χ1n) is 7.39. The topological polar surface area (TPSA) is 88.4 Å². The lowest BCUT2D eigenvalue weighted by molar-refractivity contribution is 0.347. The maximum Gasteiger partial charge on any atom is 0.323 e. The average molecular weight is 366 g/mol. The number of aromatic nitrogens is 2. The largest absolute Gasteiger partial charge is 0.496 e. The molecule has 3 N–H and O–H groups in total. The molecule has 25 heavy (non-hydrogen) atoms. The third kappa shape index (κ3) is 3.83. The number of hydrogen-bond donors (Lipinski definition) is 3. The van der Waals surface area contributed by atoms with Crippen LogP contribution in [0.15, 0.2) is 35.1 Å². The smallest absolute Gasteiger partial charge is 0.323 e. The van der Waals surface area contributed by atoms with Gasteiger partial charge in [0.05, 0.1) is 32.4 Å². The van der Waals surface area contributed by atoms with Crippen LogP contribution in [0.2, 0.25) is 0 Å². The Morgan fingerprint density at radius 1 is 0.880 bits per heavy atom. The second-order valence-electron chi connectivity index (χ2n) is 5.21. The fraction of sp³-hybridized carbons (Fsp3) is 0.235. The zero-order chi connectivity index (χ0) is 17.1. The quantitative estimate of drug-likeness (QED) is 0.625. The van der Waals surface area contributed by atoms with Crippen molar-refractivity contribution in [2.24, 2.45) is 0 Å². The van der Waals surface area contributed by atoms with Crippen molar-refractivity contribution in [3.8, 4) is 17.2 Å². The van der Waals surface area contributed by atoms with Gasteiger partial charge in [-0.1, -0.05) is 0 Å². The molecule has 7 nitrogen and oxygen atoms in total. The summed E-state index contributed by atoms with van der Waals surface area (Å²) in [4.78, 5) is 16.8. The number of H-pyrrole nitrogens is 2. The van der Waals surface area contributed by atoms with Crippen molar-refractivity contribution in [1.29, 1.82) is 0 Å². The zero-order valence-electron chi connectivity index (χ0n) is 14.1. The van der Waals surface area contributed by atoms with Gasteiger partial charge in [-0.05, 0) is 24.3 Å². The predicted octanol–water partition coefficient (Wildman–Crippen LogP) is 2.92. The highest BCUT2D eigenvalue weighted by atomic mass is 35.5. The van der Waals surface area contributed by atoms with Gasteiger partial charge in [0, 0.05) is 23.9 Å². The molecule has 0 saturated carbocycles. The number of rotatable bonds is 6. The summed E-state index contributed by atoms with van der Waals surface area (Å²) in [5, 5.41) is 3.31. The number of imidazole rings is 1. The lowest BCUT2D eigenvalue weighted by Crippen LogP contribution is -2.03. The van der Waals surface area contributed by atoms with Crippen molar-refractivity contribution in [2.45, 2.75) is 6.54 Å². The molecular weight excluding hydrogens is 346 g/mol. The standard InChI is InChI=1S/C17H19N3O4.ClH/c1-22-14-8-16(24-3)15(23-2)6-10(14)9-18-11-4-5-12-13(7-11)20-17(21)19-12;/h4-8,18H,9H2,1-3H3,(H2,19,20,21);1H. The molecule has 3 aromatic rings. The van der Waals surface area contributed by atoms with Gasteiger partial charge >= 0.3 is 5.69 Å². The fourth-order valence-electron chi connectivity index (χ4n) is 2.57. The lowest BCUT2D eigenvalue weighted by Gasteiger charge is -2.15. The van der Waals surface area contributed by atoms with Gasteiger partial charge in [-0.25, -0.2) is 4.79 Å². The Morgan fingerprint density at radius 2 is 1.52 bits per heavy atom.